The quantitative estimate of drug-likeness (QED) is 0.909. The Balaban J connectivity index is 2.02. The number of rotatable bonds is 2. The second-order valence-corrected chi connectivity index (χ2v) is 6.13. The molecule has 2 heterocycles. The van der Waals surface area contributed by atoms with Crippen LogP contribution >= 0.6 is 11.3 Å². The van der Waals surface area contributed by atoms with E-state index in [0.717, 1.165) is 23.8 Å². The minimum atomic E-state index is 0.0614. The van der Waals surface area contributed by atoms with Crippen molar-refractivity contribution in [1.29, 1.82) is 0 Å². The summed E-state index contributed by atoms with van der Waals surface area (Å²) in [5.74, 6) is 0. The molecule has 2 aromatic rings. The van der Waals surface area contributed by atoms with E-state index in [1.165, 1.54) is 22.5 Å². The normalized spacial score (nSPS) is 16.3. The molecule has 2 N–H and O–H groups in total. The summed E-state index contributed by atoms with van der Waals surface area (Å²) >= 11 is 1.73. The van der Waals surface area contributed by atoms with Crippen molar-refractivity contribution >= 4 is 22.2 Å². The largest absolute Gasteiger partial charge is 0.323 e. The molecule has 1 aliphatic heterocycles. The van der Waals surface area contributed by atoms with Crippen molar-refractivity contribution in [2.45, 2.75) is 32.7 Å². The molecule has 0 saturated carbocycles. The summed E-state index contributed by atoms with van der Waals surface area (Å²) in [6.45, 7) is 5.12. The van der Waals surface area contributed by atoms with Crippen LogP contribution in [0.25, 0.3) is 0 Å². The lowest BCUT2D eigenvalue weighted by atomic mass is 10.0. The van der Waals surface area contributed by atoms with Gasteiger partial charge in [0.1, 0.15) is 0 Å². The third-order valence-electron chi connectivity index (χ3n) is 3.58. The molecule has 0 fully saturated rings. The van der Waals surface area contributed by atoms with Gasteiger partial charge in [-0.3, -0.25) is 0 Å². The molecule has 0 radical (unpaired) electrons. The van der Waals surface area contributed by atoms with Crippen molar-refractivity contribution in [2.75, 3.05) is 11.4 Å². The van der Waals surface area contributed by atoms with Gasteiger partial charge in [0.2, 0.25) is 0 Å². The number of nitrogens with zero attached hydrogens (tertiary/aromatic N) is 2. The molecule has 100 valence electrons. The first-order valence-electron chi connectivity index (χ1n) is 6.75. The predicted molar refractivity (Wildman–Crippen MR) is 81.2 cm³/mol. The van der Waals surface area contributed by atoms with Crippen LogP contribution in [0, 0.1) is 6.92 Å². The summed E-state index contributed by atoms with van der Waals surface area (Å²) in [5, 5.41) is 1.08. The van der Waals surface area contributed by atoms with E-state index >= 15 is 0 Å². The molecule has 1 aromatic heterocycles. The van der Waals surface area contributed by atoms with Gasteiger partial charge < -0.3 is 10.6 Å². The zero-order valence-corrected chi connectivity index (χ0v) is 12.2. The third kappa shape index (κ3) is 2.26. The molecular formula is C15H19N3S. The number of nitrogens with two attached hydrogens (primary N) is 1. The molecule has 0 amide bonds. The maximum atomic E-state index is 6.00. The number of aryl methyl sites for hydroxylation is 2. The topological polar surface area (TPSA) is 42.2 Å². The molecule has 1 aliphatic rings. The van der Waals surface area contributed by atoms with E-state index in [9.17, 15) is 0 Å². The van der Waals surface area contributed by atoms with Gasteiger partial charge in [0.25, 0.3) is 0 Å². The van der Waals surface area contributed by atoms with E-state index in [4.69, 9.17) is 10.7 Å². The molecule has 0 spiro atoms. The zero-order chi connectivity index (χ0) is 13.4. The van der Waals surface area contributed by atoms with Crippen molar-refractivity contribution in [3.05, 3.63) is 40.4 Å². The highest BCUT2D eigenvalue weighted by atomic mass is 32.1. The van der Waals surface area contributed by atoms with E-state index in [1.54, 1.807) is 11.3 Å². The molecule has 19 heavy (non-hydrogen) atoms. The van der Waals surface area contributed by atoms with E-state index in [0.29, 0.717) is 0 Å². The Morgan fingerprint density at radius 1 is 1.37 bits per heavy atom. The zero-order valence-electron chi connectivity index (χ0n) is 11.4. The maximum Gasteiger partial charge on any atom is 0.190 e. The molecule has 0 bridgehead atoms. The van der Waals surface area contributed by atoms with E-state index < -0.39 is 0 Å². The number of para-hydroxylation sites is 1. The summed E-state index contributed by atoms with van der Waals surface area (Å²) < 4.78 is 0. The molecule has 1 atom stereocenters. The minimum absolute atomic E-state index is 0.0614. The summed E-state index contributed by atoms with van der Waals surface area (Å²) in [4.78, 5) is 8.25. The Hall–Kier alpha value is -1.39. The molecule has 1 aromatic carbocycles. The van der Waals surface area contributed by atoms with Gasteiger partial charge in [-0.2, -0.15) is 0 Å². The van der Waals surface area contributed by atoms with E-state index in [1.807, 2.05) is 6.92 Å². The van der Waals surface area contributed by atoms with Crippen LogP contribution < -0.4 is 10.6 Å². The highest BCUT2D eigenvalue weighted by Gasteiger charge is 2.22. The monoisotopic (exact) mass is 273 g/mol. The Morgan fingerprint density at radius 2 is 2.16 bits per heavy atom. The van der Waals surface area contributed by atoms with Crippen molar-refractivity contribution in [3.63, 3.8) is 0 Å². The number of benzene rings is 1. The summed E-state index contributed by atoms with van der Waals surface area (Å²) in [5.41, 5.74) is 9.80. The number of hydrogen-bond acceptors (Lipinski definition) is 4. The van der Waals surface area contributed by atoms with Crippen LogP contribution in [0.5, 0.6) is 0 Å². The van der Waals surface area contributed by atoms with Gasteiger partial charge in [0.15, 0.2) is 5.13 Å². The van der Waals surface area contributed by atoms with E-state index in [-0.39, 0.29) is 6.04 Å². The molecule has 3 nitrogen and oxygen atoms in total. The molecule has 0 saturated heterocycles. The van der Waals surface area contributed by atoms with Gasteiger partial charge in [-0.05, 0) is 38.3 Å². The standard InChI is InChI=1S/C15H19N3S/c1-10(16)14-11(2)17-15(19-14)18-9-5-7-12-6-3-4-8-13(12)18/h3-4,6,8,10H,5,7,9,16H2,1-2H3. The van der Waals surface area contributed by atoms with Gasteiger partial charge >= 0.3 is 0 Å². The third-order valence-corrected chi connectivity index (χ3v) is 4.96. The highest BCUT2D eigenvalue weighted by molar-refractivity contribution is 7.15. The van der Waals surface area contributed by atoms with Crippen LogP contribution in [-0.2, 0) is 6.42 Å². The number of thiazole rings is 1. The van der Waals surface area contributed by atoms with Crippen LogP contribution in [0.4, 0.5) is 10.8 Å². The van der Waals surface area contributed by atoms with Crippen LogP contribution in [0.2, 0.25) is 0 Å². The second-order valence-electron chi connectivity index (χ2n) is 5.12. The Kier molecular flexibility index (Phi) is 3.29. The SMILES string of the molecule is Cc1nc(N2CCCc3ccccc32)sc1C(C)N. The highest BCUT2D eigenvalue weighted by Crippen LogP contribution is 2.37. The Bertz CT molecular complexity index is 589. The lowest BCUT2D eigenvalue weighted by molar-refractivity contribution is 0.764. The Labute approximate surface area is 118 Å². The molecule has 1 unspecified atom stereocenters. The summed E-state index contributed by atoms with van der Waals surface area (Å²) in [7, 11) is 0. The fourth-order valence-electron chi connectivity index (χ4n) is 2.66. The van der Waals surface area contributed by atoms with Crippen molar-refractivity contribution in [1.82, 2.24) is 4.98 Å². The second kappa shape index (κ2) is 4.94. The average molecular weight is 273 g/mol. The first-order chi connectivity index (χ1) is 9.16. The van der Waals surface area contributed by atoms with Crippen LogP contribution in [-0.4, -0.2) is 11.5 Å². The maximum absolute atomic E-state index is 6.00. The van der Waals surface area contributed by atoms with Gasteiger partial charge in [-0.15, -0.1) is 0 Å². The number of fused-ring (bicyclic) bond motifs is 1. The van der Waals surface area contributed by atoms with Crippen LogP contribution in [0.15, 0.2) is 24.3 Å². The number of aromatic nitrogens is 1. The summed E-state index contributed by atoms with van der Waals surface area (Å²) in [6.07, 6.45) is 2.35. The molecular weight excluding hydrogens is 254 g/mol. The van der Waals surface area contributed by atoms with Crippen molar-refractivity contribution in [3.8, 4) is 0 Å². The van der Waals surface area contributed by atoms with E-state index in [2.05, 4.69) is 36.1 Å². The summed E-state index contributed by atoms with van der Waals surface area (Å²) in [6, 6.07) is 8.68. The number of hydrogen-bond donors (Lipinski definition) is 1. The van der Waals surface area contributed by atoms with Gasteiger partial charge in [0.05, 0.1) is 5.69 Å². The average Bonchev–Trinajstić information content (AvgIpc) is 2.80. The van der Waals surface area contributed by atoms with Crippen LogP contribution in [0.3, 0.4) is 0 Å². The fourth-order valence-corrected chi connectivity index (χ4v) is 3.72. The lowest BCUT2D eigenvalue weighted by Gasteiger charge is -2.28. The minimum Gasteiger partial charge on any atom is -0.323 e. The predicted octanol–water partition coefficient (Wildman–Crippen LogP) is 3.56. The van der Waals surface area contributed by atoms with Gasteiger partial charge in [0, 0.05) is 23.2 Å². The van der Waals surface area contributed by atoms with Crippen molar-refractivity contribution in [2.24, 2.45) is 5.73 Å². The number of anilines is 2. The smallest absolute Gasteiger partial charge is 0.190 e. The lowest BCUT2D eigenvalue weighted by Crippen LogP contribution is -2.24. The van der Waals surface area contributed by atoms with Gasteiger partial charge in [-0.1, -0.05) is 29.5 Å². The molecule has 4 heteroatoms. The first kappa shape index (κ1) is 12.6. The fraction of sp³-hybridized carbons (Fsp3) is 0.400. The van der Waals surface area contributed by atoms with Gasteiger partial charge in [-0.25, -0.2) is 4.98 Å². The van der Waals surface area contributed by atoms with Crippen LogP contribution in [0.1, 0.15) is 35.5 Å². The first-order valence-corrected chi connectivity index (χ1v) is 7.57. The molecule has 0 aliphatic carbocycles. The molecule has 3 rings (SSSR count). The Morgan fingerprint density at radius 3 is 2.89 bits per heavy atom. The van der Waals surface area contributed by atoms with Crippen molar-refractivity contribution < 1.29 is 0 Å².